The Morgan fingerprint density at radius 3 is 2.94 bits per heavy atom. The molecule has 5 heteroatoms. The van der Waals surface area contributed by atoms with Crippen LogP contribution >= 0.6 is 0 Å². The standard InChI is InChI=1S/C13H22N4O/c1-11(17-9-7-14-8-10-17)13(18)16-6-4-12-3-2-5-15-12/h2-3,5,11,14-15H,4,6-10H2,1H3,(H,16,18). The fourth-order valence-corrected chi connectivity index (χ4v) is 2.23. The normalized spacial score (nSPS) is 18.5. The number of carbonyl (C=O) groups is 1. The number of H-pyrrole nitrogens is 1. The summed E-state index contributed by atoms with van der Waals surface area (Å²) in [7, 11) is 0. The first-order valence-corrected chi connectivity index (χ1v) is 6.62. The molecule has 0 bridgehead atoms. The molecular weight excluding hydrogens is 228 g/mol. The summed E-state index contributed by atoms with van der Waals surface area (Å²) in [5.41, 5.74) is 1.16. The lowest BCUT2D eigenvalue weighted by Gasteiger charge is -2.31. The SMILES string of the molecule is CC(C(=O)NCCc1ccc[nH]1)N1CCNCC1. The van der Waals surface area contributed by atoms with Crippen LogP contribution < -0.4 is 10.6 Å². The lowest BCUT2D eigenvalue weighted by Crippen LogP contribution is -2.52. The summed E-state index contributed by atoms with van der Waals surface area (Å²) in [4.78, 5) is 17.3. The van der Waals surface area contributed by atoms with Gasteiger partial charge >= 0.3 is 0 Å². The topological polar surface area (TPSA) is 60.2 Å². The van der Waals surface area contributed by atoms with Crippen molar-refractivity contribution >= 4 is 5.91 Å². The van der Waals surface area contributed by atoms with E-state index in [0.29, 0.717) is 6.54 Å². The first kappa shape index (κ1) is 13.1. The second kappa shape index (κ2) is 6.56. The first-order chi connectivity index (χ1) is 8.77. The number of rotatable bonds is 5. The zero-order chi connectivity index (χ0) is 12.8. The average molecular weight is 250 g/mol. The van der Waals surface area contributed by atoms with E-state index in [1.807, 2.05) is 25.3 Å². The molecule has 18 heavy (non-hydrogen) atoms. The number of nitrogens with zero attached hydrogens (tertiary/aromatic N) is 1. The van der Waals surface area contributed by atoms with E-state index in [0.717, 1.165) is 38.3 Å². The van der Waals surface area contributed by atoms with E-state index in [4.69, 9.17) is 0 Å². The third kappa shape index (κ3) is 3.58. The van der Waals surface area contributed by atoms with Crippen LogP contribution in [0.4, 0.5) is 0 Å². The number of carbonyl (C=O) groups excluding carboxylic acids is 1. The Kier molecular flexibility index (Phi) is 4.78. The van der Waals surface area contributed by atoms with Gasteiger partial charge in [0.15, 0.2) is 0 Å². The molecule has 0 aromatic carbocycles. The minimum Gasteiger partial charge on any atom is -0.365 e. The number of aromatic amines is 1. The zero-order valence-electron chi connectivity index (χ0n) is 10.9. The van der Waals surface area contributed by atoms with E-state index in [9.17, 15) is 4.79 Å². The molecule has 1 aliphatic heterocycles. The summed E-state index contributed by atoms with van der Waals surface area (Å²) in [6, 6.07) is 3.97. The largest absolute Gasteiger partial charge is 0.365 e. The van der Waals surface area contributed by atoms with Gasteiger partial charge < -0.3 is 15.6 Å². The van der Waals surface area contributed by atoms with Crippen molar-refractivity contribution in [1.82, 2.24) is 20.5 Å². The van der Waals surface area contributed by atoms with Crippen LogP contribution in [-0.4, -0.2) is 54.6 Å². The zero-order valence-corrected chi connectivity index (χ0v) is 10.9. The smallest absolute Gasteiger partial charge is 0.237 e. The average Bonchev–Trinajstić information content (AvgIpc) is 2.92. The van der Waals surface area contributed by atoms with Gasteiger partial charge in [0.05, 0.1) is 6.04 Å². The Hall–Kier alpha value is -1.33. The van der Waals surface area contributed by atoms with Gasteiger partial charge in [0, 0.05) is 51.0 Å². The molecule has 2 heterocycles. The minimum atomic E-state index is -0.0317. The Balaban J connectivity index is 1.70. The van der Waals surface area contributed by atoms with Crippen LogP contribution in [0.2, 0.25) is 0 Å². The van der Waals surface area contributed by atoms with Crippen molar-refractivity contribution in [2.24, 2.45) is 0 Å². The molecular formula is C13H22N4O. The Morgan fingerprint density at radius 1 is 1.50 bits per heavy atom. The second-order valence-electron chi connectivity index (χ2n) is 4.70. The van der Waals surface area contributed by atoms with E-state index in [1.54, 1.807) is 0 Å². The predicted octanol–water partition coefficient (Wildman–Crippen LogP) is -0.0329. The summed E-state index contributed by atoms with van der Waals surface area (Å²) in [5.74, 6) is 0.128. The molecule has 1 aliphatic rings. The summed E-state index contributed by atoms with van der Waals surface area (Å²) in [6.45, 7) is 6.52. The lowest BCUT2D eigenvalue weighted by molar-refractivity contribution is -0.126. The molecule has 0 spiro atoms. The highest BCUT2D eigenvalue weighted by molar-refractivity contribution is 5.81. The van der Waals surface area contributed by atoms with Crippen LogP contribution in [-0.2, 0) is 11.2 Å². The quantitative estimate of drug-likeness (QED) is 0.687. The number of aromatic nitrogens is 1. The second-order valence-corrected chi connectivity index (χ2v) is 4.70. The van der Waals surface area contributed by atoms with E-state index >= 15 is 0 Å². The molecule has 1 unspecified atom stereocenters. The number of nitrogens with one attached hydrogen (secondary N) is 3. The van der Waals surface area contributed by atoms with Crippen molar-refractivity contribution in [3.8, 4) is 0 Å². The number of piperazine rings is 1. The number of amides is 1. The molecule has 0 aliphatic carbocycles. The highest BCUT2D eigenvalue weighted by Crippen LogP contribution is 2.01. The molecule has 1 atom stereocenters. The first-order valence-electron chi connectivity index (χ1n) is 6.62. The molecule has 100 valence electrons. The highest BCUT2D eigenvalue weighted by atomic mass is 16.2. The van der Waals surface area contributed by atoms with Gasteiger partial charge in [-0.2, -0.15) is 0 Å². The van der Waals surface area contributed by atoms with Crippen LogP contribution in [0.1, 0.15) is 12.6 Å². The molecule has 1 amide bonds. The molecule has 0 radical (unpaired) electrons. The number of hydrogen-bond donors (Lipinski definition) is 3. The maximum absolute atomic E-state index is 12.0. The maximum Gasteiger partial charge on any atom is 0.237 e. The predicted molar refractivity (Wildman–Crippen MR) is 71.4 cm³/mol. The summed E-state index contributed by atoms with van der Waals surface area (Å²) in [5, 5.41) is 6.29. The van der Waals surface area contributed by atoms with Gasteiger partial charge in [-0.05, 0) is 19.1 Å². The van der Waals surface area contributed by atoms with Gasteiger partial charge in [-0.25, -0.2) is 0 Å². The van der Waals surface area contributed by atoms with Gasteiger partial charge in [-0.1, -0.05) is 0 Å². The van der Waals surface area contributed by atoms with Crippen LogP contribution in [0.3, 0.4) is 0 Å². The van der Waals surface area contributed by atoms with E-state index in [-0.39, 0.29) is 11.9 Å². The van der Waals surface area contributed by atoms with Crippen molar-refractivity contribution in [3.05, 3.63) is 24.0 Å². The molecule has 1 fully saturated rings. The van der Waals surface area contributed by atoms with Gasteiger partial charge in [0.1, 0.15) is 0 Å². The van der Waals surface area contributed by atoms with Crippen LogP contribution in [0, 0.1) is 0 Å². The van der Waals surface area contributed by atoms with Crippen molar-refractivity contribution in [1.29, 1.82) is 0 Å². The third-order valence-electron chi connectivity index (χ3n) is 3.43. The van der Waals surface area contributed by atoms with Gasteiger partial charge in [-0.3, -0.25) is 9.69 Å². The molecule has 5 nitrogen and oxygen atoms in total. The molecule has 1 aromatic rings. The van der Waals surface area contributed by atoms with Crippen molar-refractivity contribution in [2.75, 3.05) is 32.7 Å². The molecule has 1 aromatic heterocycles. The van der Waals surface area contributed by atoms with Crippen LogP contribution in [0.15, 0.2) is 18.3 Å². The van der Waals surface area contributed by atoms with Gasteiger partial charge in [-0.15, -0.1) is 0 Å². The minimum absolute atomic E-state index is 0.0317. The van der Waals surface area contributed by atoms with Crippen molar-refractivity contribution in [3.63, 3.8) is 0 Å². The summed E-state index contributed by atoms with van der Waals surface area (Å²) < 4.78 is 0. The number of hydrogen-bond acceptors (Lipinski definition) is 3. The van der Waals surface area contributed by atoms with Gasteiger partial charge in [0.2, 0.25) is 5.91 Å². The Morgan fingerprint density at radius 2 is 2.28 bits per heavy atom. The molecule has 1 saturated heterocycles. The fraction of sp³-hybridized carbons (Fsp3) is 0.615. The summed E-state index contributed by atoms with van der Waals surface area (Å²) in [6.07, 6.45) is 2.76. The van der Waals surface area contributed by atoms with E-state index < -0.39 is 0 Å². The van der Waals surface area contributed by atoms with Crippen molar-refractivity contribution in [2.45, 2.75) is 19.4 Å². The van der Waals surface area contributed by atoms with Crippen LogP contribution in [0.5, 0.6) is 0 Å². The van der Waals surface area contributed by atoms with Gasteiger partial charge in [0.25, 0.3) is 0 Å². The van der Waals surface area contributed by atoms with E-state index in [2.05, 4.69) is 20.5 Å². The third-order valence-corrected chi connectivity index (χ3v) is 3.43. The monoisotopic (exact) mass is 250 g/mol. The molecule has 0 saturated carbocycles. The fourth-order valence-electron chi connectivity index (χ4n) is 2.23. The molecule has 2 rings (SSSR count). The van der Waals surface area contributed by atoms with E-state index in [1.165, 1.54) is 0 Å². The lowest BCUT2D eigenvalue weighted by atomic mass is 10.2. The Labute approximate surface area is 108 Å². The van der Waals surface area contributed by atoms with Crippen LogP contribution in [0.25, 0.3) is 0 Å². The van der Waals surface area contributed by atoms with Crippen molar-refractivity contribution < 1.29 is 4.79 Å². The highest BCUT2D eigenvalue weighted by Gasteiger charge is 2.21. The maximum atomic E-state index is 12.0. The summed E-state index contributed by atoms with van der Waals surface area (Å²) >= 11 is 0. The molecule has 3 N–H and O–H groups in total. The Bertz CT molecular complexity index is 357.